The largest absolute Gasteiger partial charge is 0.453 e. The number of anilines is 2. The van der Waals surface area contributed by atoms with E-state index in [1.54, 1.807) is 6.07 Å². The maximum atomic E-state index is 14.3. The number of hydrogen-bond donors (Lipinski definition) is 2. The smallest absolute Gasteiger partial charge is 0.410 e. The Morgan fingerprint density at radius 3 is 2.75 bits per heavy atom. The molecule has 1 saturated heterocycles. The number of likely N-dealkylation sites (tertiary alicyclic amines) is 1. The van der Waals surface area contributed by atoms with Crippen molar-refractivity contribution in [2.24, 2.45) is 0 Å². The third-order valence-corrected chi connectivity index (χ3v) is 4.17. The SMILES string of the molecule is COC(=O)N1CCC[C@@H]1C(=O)Nc1c(F)cc(Br)cc1NC(C)C. The van der Waals surface area contributed by atoms with Gasteiger partial charge in [0.1, 0.15) is 17.5 Å². The van der Waals surface area contributed by atoms with Gasteiger partial charge in [-0.25, -0.2) is 9.18 Å². The molecule has 1 atom stereocenters. The van der Waals surface area contributed by atoms with Crippen molar-refractivity contribution in [1.29, 1.82) is 0 Å². The van der Waals surface area contributed by atoms with E-state index < -0.39 is 23.9 Å². The number of rotatable bonds is 4. The second kappa shape index (κ2) is 7.83. The van der Waals surface area contributed by atoms with Crippen molar-refractivity contribution >= 4 is 39.3 Å². The van der Waals surface area contributed by atoms with Gasteiger partial charge in [0.05, 0.1) is 12.8 Å². The van der Waals surface area contributed by atoms with Crippen LogP contribution in [0.5, 0.6) is 0 Å². The number of carbonyl (C=O) groups is 2. The van der Waals surface area contributed by atoms with Crippen LogP contribution in [0, 0.1) is 5.82 Å². The van der Waals surface area contributed by atoms with Crippen molar-refractivity contribution in [3.63, 3.8) is 0 Å². The average Bonchev–Trinajstić information content (AvgIpc) is 2.98. The molecule has 2 rings (SSSR count). The fraction of sp³-hybridized carbons (Fsp3) is 0.500. The fourth-order valence-electron chi connectivity index (χ4n) is 2.71. The van der Waals surface area contributed by atoms with Crippen LogP contribution in [0.4, 0.5) is 20.6 Å². The van der Waals surface area contributed by atoms with Crippen LogP contribution in [0.3, 0.4) is 0 Å². The molecule has 0 aromatic heterocycles. The topological polar surface area (TPSA) is 70.7 Å². The molecule has 0 aliphatic carbocycles. The van der Waals surface area contributed by atoms with Crippen LogP contribution in [-0.4, -0.2) is 42.6 Å². The lowest BCUT2D eigenvalue weighted by Crippen LogP contribution is -2.43. The van der Waals surface area contributed by atoms with Crippen LogP contribution in [0.25, 0.3) is 0 Å². The Labute approximate surface area is 148 Å². The molecule has 6 nitrogen and oxygen atoms in total. The standard InChI is InChI=1S/C16H21BrFN3O3/c1-9(2)19-12-8-10(17)7-11(18)14(12)20-15(22)13-5-4-6-21(13)16(23)24-3/h7-9,13,19H,4-6H2,1-3H3,(H,20,22)/t13-/m1/s1. The normalized spacial score (nSPS) is 17.1. The summed E-state index contributed by atoms with van der Waals surface area (Å²) < 4.78 is 19.6. The Kier molecular flexibility index (Phi) is 6.04. The van der Waals surface area contributed by atoms with E-state index in [4.69, 9.17) is 4.74 Å². The molecule has 8 heteroatoms. The number of ether oxygens (including phenoxy) is 1. The number of benzene rings is 1. The van der Waals surface area contributed by atoms with Crippen molar-refractivity contribution in [2.75, 3.05) is 24.3 Å². The first kappa shape index (κ1) is 18.5. The predicted octanol–water partition coefficient (Wildman–Crippen LogP) is 3.58. The Hall–Kier alpha value is -1.83. The van der Waals surface area contributed by atoms with Gasteiger partial charge in [-0.15, -0.1) is 0 Å². The van der Waals surface area contributed by atoms with Crippen LogP contribution in [-0.2, 0) is 9.53 Å². The monoisotopic (exact) mass is 401 g/mol. The molecule has 2 amide bonds. The van der Waals surface area contributed by atoms with Gasteiger partial charge in [0.25, 0.3) is 0 Å². The highest BCUT2D eigenvalue weighted by atomic mass is 79.9. The Bertz CT molecular complexity index is 639. The van der Waals surface area contributed by atoms with E-state index in [0.717, 1.165) is 0 Å². The molecule has 0 unspecified atom stereocenters. The molecule has 0 saturated carbocycles. The van der Waals surface area contributed by atoms with Crippen molar-refractivity contribution in [2.45, 2.75) is 38.8 Å². The number of halogens is 2. The third kappa shape index (κ3) is 4.17. The minimum absolute atomic E-state index is 0.0624. The van der Waals surface area contributed by atoms with E-state index in [0.29, 0.717) is 29.5 Å². The fourth-order valence-corrected chi connectivity index (χ4v) is 3.14. The zero-order valence-electron chi connectivity index (χ0n) is 13.9. The van der Waals surface area contributed by atoms with Crippen molar-refractivity contribution in [1.82, 2.24) is 4.90 Å². The lowest BCUT2D eigenvalue weighted by molar-refractivity contribution is -0.120. The van der Waals surface area contributed by atoms with Gasteiger partial charge in [0, 0.05) is 17.1 Å². The number of hydrogen-bond acceptors (Lipinski definition) is 4. The molecule has 0 spiro atoms. The van der Waals surface area contributed by atoms with Gasteiger partial charge in [-0.05, 0) is 38.8 Å². The van der Waals surface area contributed by atoms with Gasteiger partial charge in [0.15, 0.2) is 0 Å². The Morgan fingerprint density at radius 1 is 1.42 bits per heavy atom. The molecule has 1 aromatic rings. The first-order valence-corrected chi connectivity index (χ1v) is 8.53. The average molecular weight is 402 g/mol. The summed E-state index contributed by atoms with van der Waals surface area (Å²) in [6, 6.07) is 2.39. The first-order chi connectivity index (χ1) is 11.3. The van der Waals surface area contributed by atoms with Crippen LogP contribution >= 0.6 is 15.9 Å². The lowest BCUT2D eigenvalue weighted by atomic mass is 10.2. The van der Waals surface area contributed by atoms with E-state index in [1.807, 2.05) is 13.8 Å². The van der Waals surface area contributed by atoms with Gasteiger partial charge in [-0.1, -0.05) is 15.9 Å². The third-order valence-electron chi connectivity index (χ3n) is 3.71. The number of amides is 2. The highest BCUT2D eigenvalue weighted by molar-refractivity contribution is 9.10. The minimum Gasteiger partial charge on any atom is -0.453 e. The van der Waals surface area contributed by atoms with Crippen LogP contribution in [0.15, 0.2) is 16.6 Å². The van der Waals surface area contributed by atoms with E-state index in [2.05, 4.69) is 26.6 Å². The highest BCUT2D eigenvalue weighted by Crippen LogP contribution is 2.31. The number of methoxy groups -OCH3 is 1. The quantitative estimate of drug-likeness (QED) is 0.808. The summed E-state index contributed by atoms with van der Waals surface area (Å²) in [5.41, 5.74) is 0.557. The van der Waals surface area contributed by atoms with Gasteiger partial charge in [-0.3, -0.25) is 9.69 Å². The van der Waals surface area contributed by atoms with Crippen LogP contribution < -0.4 is 10.6 Å². The second-order valence-electron chi connectivity index (χ2n) is 5.92. The zero-order chi connectivity index (χ0) is 17.9. The number of nitrogens with one attached hydrogen (secondary N) is 2. The van der Waals surface area contributed by atoms with Gasteiger partial charge < -0.3 is 15.4 Å². The first-order valence-electron chi connectivity index (χ1n) is 7.74. The molecule has 24 heavy (non-hydrogen) atoms. The summed E-state index contributed by atoms with van der Waals surface area (Å²) in [4.78, 5) is 25.7. The van der Waals surface area contributed by atoms with E-state index in [9.17, 15) is 14.0 Å². The van der Waals surface area contributed by atoms with E-state index in [-0.39, 0.29) is 11.7 Å². The predicted molar refractivity (Wildman–Crippen MR) is 93.6 cm³/mol. The number of carbonyl (C=O) groups excluding carboxylic acids is 2. The summed E-state index contributed by atoms with van der Waals surface area (Å²) >= 11 is 3.25. The summed E-state index contributed by atoms with van der Waals surface area (Å²) in [7, 11) is 1.27. The Morgan fingerprint density at radius 2 is 2.12 bits per heavy atom. The molecule has 1 fully saturated rings. The zero-order valence-corrected chi connectivity index (χ0v) is 15.4. The summed E-state index contributed by atoms with van der Waals surface area (Å²) in [5, 5.41) is 5.72. The summed E-state index contributed by atoms with van der Waals surface area (Å²) in [6.45, 7) is 4.28. The van der Waals surface area contributed by atoms with Crippen molar-refractivity contribution < 1.29 is 18.7 Å². The number of nitrogens with zero attached hydrogens (tertiary/aromatic N) is 1. The van der Waals surface area contributed by atoms with Gasteiger partial charge in [-0.2, -0.15) is 0 Å². The summed E-state index contributed by atoms with van der Waals surface area (Å²) in [5.74, 6) is -0.977. The molecule has 1 heterocycles. The minimum atomic E-state index is -0.660. The van der Waals surface area contributed by atoms with Crippen LogP contribution in [0.1, 0.15) is 26.7 Å². The molecule has 0 radical (unpaired) electrons. The maximum absolute atomic E-state index is 14.3. The lowest BCUT2D eigenvalue weighted by Gasteiger charge is -2.23. The maximum Gasteiger partial charge on any atom is 0.410 e. The van der Waals surface area contributed by atoms with Crippen molar-refractivity contribution in [3.05, 3.63) is 22.4 Å². The summed E-state index contributed by atoms with van der Waals surface area (Å²) in [6.07, 6.45) is 0.670. The molecular weight excluding hydrogens is 381 g/mol. The molecule has 1 aromatic carbocycles. The molecule has 1 aliphatic heterocycles. The van der Waals surface area contributed by atoms with Gasteiger partial charge >= 0.3 is 6.09 Å². The molecular formula is C16H21BrFN3O3. The molecule has 2 N–H and O–H groups in total. The molecule has 132 valence electrons. The van der Waals surface area contributed by atoms with E-state index >= 15 is 0 Å². The molecule has 0 bridgehead atoms. The van der Waals surface area contributed by atoms with Crippen LogP contribution in [0.2, 0.25) is 0 Å². The van der Waals surface area contributed by atoms with Gasteiger partial charge in [0.2, 0.25) is 5.91 Å². The Balaban J connectivity index is 2.23. The second-order valence-corrected chi connectivity index (χ2v) is 6.84. The molecule has 1 aliphatic rings. The highest BCUT2D eigenvalue weighted by Gasteiger charge is 2.35. The van der Waals surface area contributed by atoms with E-state index in [1.165, 1.54) is 18.1 Å². The van der Waals surface area contributed by atoms with Crippen molar-refractivity contribution in [3.8, 4) is 0 Å².